The Morgan fingerprint density at radius 1 is 1.10 bits per heavy atom. The highest BCUT2D eigenvalue weighted by Gasteiger charge is 2.11. The number of hydrazine groups is 1. The van der Waals surface area contributed by atoms with Crippen LogP contribution < -0.4 is 20.3 Å². The van der Waals surface area contributed by atoms with Crippen molar-refractivity contribution < 1.29 is 32.8 Å². The molecule has 0 atom stereocenters. The second-order valence-electron chi connectivity index (χ2n) is 5.37. The molecule has 0 aliphatic rings. The summed E-state index contributed by atoms with van der Waals surface area (Å²) in [5, 5.41) is 10.6. The van der Waals surface area contributed by atoms with Crippen LogP contribution in [0.1, 0.15) is 15.9 Å². The number of carbonyl (C=O) groups is 2. The number of amides is 2. The van der Waals surface area contributed by atoms with Gasteiger partial charge in [0, 0.05) is 23.8 Å². The molecule has 0 fully saturated rings. The van der Waals surface area contributed by atoms with E-state index in [2.05, 4.69) is 15.6 Å². The molecule has 0 aliphatic heterocycles. The number of nitrogens with zero attached hydrogens (tertiary/aromatic N) is 1. The molecule has 2 rings (SSSR count). The van der Waals surface area contributed by atoms with Gasteiger partial charge in [0.05, 0.1) is 12.0 Å². The maximum Gasteiger partial charge on any atom is 0.387 e. The van der Waals surface area contributed by atoms with E-state index < -0.39 is 23.3 Å². The Balaban J connectivity index is 1.93. The van der Waals surface area contributed by atoms with E-state index >= 15 is 0 Å². The zero-order chi connectivity index (χ0) is 21.4. The van der Waals surface area contributed by atoms with Crippen LogP contribution in [0.4, 0.5) is 14.5 Å². The molecule has 2 aromatic rings. The fourth-order valence-corrected chi connectivity index (χ4v) is 2.12. The van der Waals surface area contributed by atoms with Crippen LogP contribution in [0.5, 0.6) is 11.5 Å². The second-order valence-corrected chi connectivity index (χ2v) is 5.37. The lowest BCUT2D eigenvalue weighted by Crippen LogP contribution is -2.40. The summed E-state index contributed by atoms with van der Waals surface area (Å²) in [5.74, 6) is -1.44. The molecule has 0 saturated carbocycles. The molecule has 0 unspecified atom stereocenters. The average Bonchev–Trinajstić information content (AvgIpc) is 2.70. The molecular weight excluding hydrogens is 392 g/mol. The number of rotatable bonds is 7. The number of nitrogens with one attached hydrogen (secondary N) is 2. The van der Waals surface area contributed by atoms with Crippen molar-refractivity contribution in [2.45, 2.75) is 6.61 Å². The molecule has 0 aromatic heterocycles. The molecule has 2 N–H and O–H groups in total. The molecule has 0 saturated heterocycles. The predicted molar refractivity (Wildman–Crippen MR) is 97.4 cm³/mol. The van der Waals surface area contributed by atoms with Crippen LogP contribution in [-0.2, 0) is 4.79 Å². The largest absolute Gasteiger partial charge is 0.493 e. The van der Waals surface area contributed by atoms with Crippen LogP contribution >= 0.6 is 0 Å². The molecule has 2 amide bonds. The maximum atomic E-state index is 12.3. The number of alkyl halides is 2. The van der Waals surface area contributed by atoms with Gasteiger partial charge in [0.15, 0.2) is 11.5 Å². The fourth-order valence-electron chi connectivity index (χ4n) is 2.12. The topological polar surface area (TPSA) is 120 Å². The average molecular weight is 407 g/mol. The van der Waals surface area contributed by atoms with Gasteiger partial charge in [-0.1, -0.05) is 6.07 Å². The number of ether oxygens (including phenoxy) is 2. The van der Waals surface area contributed by atoms with Gasteiger partial charge in [0.1, 0.15) is 0 Å². The van der Waals surface area contributed by atoms with Crippen LogP contribution in [-0.4, -0.2) is 30.5 Å². The van der Waals surface area contributed by atoms with E-state index in [-0.39, 0.29) is 22.7 Å². The van der Waals surface area contributed by atoms with Crippen LogP contribution in [0, 0.1) is 10.1 Å². The smallest absolute Gasteiger partial charge is 0.387 e. The number of nitro benzene ring substituents is 1. The lowest BCUT2D eigenvalue weighted by Gasteiger charge is -2.10. The highest BCUT2D eigenvalue weighted by atomic mass is 19.3. The third-order valence-electron chi connectivity index (χ3n) is 3.47. The highest BCUT2D eigenvalue weighted by Crippen LogP contribution is 2.29. The molecular formula is C18H15F2N3O6. The van der Waals surface area contributed by atoms with Gasteiger partial charge >= 0.3 is 6.61 Å². The van der Waals surface area contributed by atoms with E-state index in [0.29, 0.717) is 5.56 Å². The quantitative estimate of drug-likeness (QED) is 0.414. The van der Waals surface area contributed by atoms with Gasteiger partial charge in [0.25, 0.3) is 17.5 Å². The summed E-state index contributed by atoms with van der Waals surface area (Å²) in [6, 6.07) is 8.88. The molecule has 9 nitrogen and oxygen atoms in total. The lowest BCUT2D eigenvalue weighted by atomic mass is 10.2. The third kappa shape index (κ3) is 6.27. The Labute approximate surface area is 163 Å². The van der Waals surface area contributed by atoms with Gasteiger partial charge < -0.3 is 9.47 Å². The van der Waals surface area contributed by atoms with Gasteiger partial charge in [-0.05, 0) is 35.9 Å². The SMILES string of the molecule is COc1cc(C=CC(=O)NNC(=O)c2ccc([N+](=O)[O-])cc2)ccc1OC(F)F. The Morgan fingerprint density at radius 2 is 1.79 bits per heavy atom. The first-order chi connectivity index (χ1) is 13.8. The first kappa shape index (κ1) is 21.3. The first-order valence-electron chi connectivity index (χ1n) is 7.96. The molecule has 11 heteroatoms. The summed E-state index contributed by atoms with van der Waals surface area (Å²) in [6.45, 7) is -3.00. The maximum absolute atomic E-state index is 12.3. The van der Waals surface area contributed by atoms with E-state index in [1.54, 1.807) is 0 Å². The monoisotopic (exact) mass is 407 g/mol. The predicted octanol–water partition coefficient (Wildman–Crippen LogP) is 2.68. The zero-order valence-corrected chi connectivity index (χ0v) is 14.9. The van der Waals surface area contributed by atoms with Gasteiger partial charge in [-0.2, -0.15) is 8.78 Å². The molecule has 29 heavy (non-hydrogen) atoms. The summed E-state index contributed by atoms with van der Waals surface area (Å²) in [5.41, 5.74) is 4.69. The lowest BCUT2D eigenvalue weighted by molar-refractivity contribution is -0.384. The van der Waals surface area contributed by atoms with E-state index in [0.717, 1.165) is 18.2 Å². The van der Waals surface area contributed by atoms with Crippen LogP contribution in [0.2, 0.25) is 0 Å². The van der Waals surface area contributed by atoms with Crippen molar-refractivity contribution in [3.8, 4) is 11.5 Å². The summed E-state index contributed by atoms with van der Waals surface area (Å²) in [6.07, 6.45) is 2.46. The van der Waals surface area contributed by atoms with Gasteiger partial charge in [-0.25, -0.2) is 0 Å². The van der Waals surface area contributed by atoms with Gasteiger partial charge in [0.2, 0.25) is 0 Å². The second kappa shape index (κ2) is 9.78. The van der Waals surface area contributed by atoms with Crippen molar-refractivity contribution in [2.24, 2.45) is 0 Å². The van der Waals surface area contributed by atoms with Crippen LogP contribution in [0.15, 0.2) is 48.5 Å². The number of methoxy groups -OCH3 is 1. The normalized spacial score (nSPS) is 10.6. The molecule has 0 radical (unpaired) electrons. The van der Waals surface area contributed by atoms with E-state index in [1.807, 2.05) is 0 Å². The molecule has 0 aliphatic carbocycles. The number of carbonyl (C=O) groups excluding carboxylic acids is 2. The van der Waals surface area contributed by atoms with Crippen molar-refractivity contribution in [1.82, 2.24) is 10.9 Å². The van der Waals surface area contributed by atoms with E-state index in [9.17, 15) is 28.5 Å². The van der Waals surface area contributed by atoms with E-state index in [4.69, 9.17) is 4.74 Å². The summed E-state index contributed by atoms with van der Waals surface area (Å²) >= 11 is 0. The van der Waals surface area contributed by atoms with Crippen molar-refractivity contribution in [3.63, 3.8) is 0 Å². The Hall–Kier alpha value is -4.02. The van der Waals surface area contributed by atoms with Crippen molar-refractivity contribution in [2.75, 3.05) is 7.11 Å². The minimum Gasteiger partial charge on any atom is -0.493 e. The van der Waals surface area contributed by atoms with Crippen LogP contribution in [0.25, 0.3) is 6.08 Å². The summed E-state index contributed by atoms with van der Waals surface area (Å²) < 4.78 is 33.9. The van der Waals surface area contributed by atoms with Crippen molar-refractivity contribution in [1.29, 1.82) is 0 Å². The third-order valence-corrected chi connectivity index (χ3v) is 3.47. The molecule has 152 valence electrons. The number of non-ortho nitro benzene ring substituents is 1. The van der Waals surface area contributed by atoms with Gasteiger partial charge in [-0.3, -0.25) is 30.6 Å². The van der Waals surface area contributed by atoms with Crippen molar-refractivity contribution >= 4 is 23.6 Å². The Bertz CT molecular complexity index is 932. The van der Waals surface area contributed by atoms with Gasteiger partial charge in [-0.15, -0.1) is 0 Å². The minimum atomic E-state index is -3.00. The number of benzene rings is 2. The van der Waals surface area contributed by atoms with E-state index in [1.165, 1.54) is 43.5 Å². The minimum absolute atomic E-state index is 0.0549. The number of nitro groups is 1. The summed E-state index contributed by atoms with van der Waals surface area (Å²) in [7, 11) is 1.28. The zero-order valence-electron chi connectivity index (χ0n) is 14.9. The Morgan fingerprint density at radius 3 is 2.38 bits per heavy atom. The molecule has 0 spiro atoms. The number of hydrogen-bond acceptors (Lipinski definition) is 6. The molecule has 0 heterocycles. The number of hydrogen-bond donors (Lipinski definition) is 2. The van der Waals surface area contributed by atoms with Crippen LogP contribution in [0.3, 0.4) is 0 Å². The standard InChI is InChI=1S/C18H15F2N3O6/c1-28-15-10-11(2-8-14(15)29-18(19)20)3-9-16(24)21-22-17(25)12-4-6-13(7-5-12)23(26)27/h2-10,18H,1H3,(H,21,24)(H,22,25). The summed E-state index contributed by atoms with van der Waals surface area (Å²) in [4.78, 5) is 33.7. The Kier molecular flexibility index (Phi) is 7.18. The molecule has 0 bridgehead atoms. The van der Waals surface area contributed by atoms with Crippen molar-refractivity contribution in [3.05, 3.63) is 69.8 Å². The molecule has 2 aromatic carbocycles. The highest BCUT2D eigenvalue weighted by molar-refractivity contribution is 5.98. The fraction of sp³-hybridized carbons (Fsp3) is 0.111. The first-order valence-corrected chi connectivity index (χ1v) is 7.96. The number of halogens is 2.